The van der Waals surface area contributed by atoms with Crippen LogP contribution in [0.3, 0.4) is 0 Å². The first-order chi connectivity index (χ1) is 9.33. The molecule has 2 heterocycles. The van der Waals surface area contributed by atoms with Gasteiger partial charge in [-0.3, -0.25) is 4.90 Å². The zero-order valence-electron chi connectivity index (χ0n) is 11.5. The number of aliphatic carboxylic acids is 1. The molecule has 1 aromatic heterocycles. The maximum absolute atomic E-state index is 12.4. The Morgan fingerprint density at radius 1 is 1.55 bits per heavy atom. The van der Waals surface area contributed by atoms with E-state index in [9.17, 15) is 14.7 Å². The lowest BCUT2D eigenvalue weighted by Gasteiger charge is -2.31. The summed E-state index contributed by atoms with van der Waals surface area (Å²) in [5, 5.41) is 14.5. The van der Waals surface area contributed by atoms with Gasteiger partial charge in [0, 0.05) is 17.3 Å². The molecular formula is C12H17N3O3S2. The van der Waals surface area contributed by atoms with Crippen molar-refractivity contribution in [2.24, 2.45) is 0 Å². The quantitative estimate of drug-likeness (QED) is 0.890. The Bertz CT molecular complexity index is 504. The predicted molar refractivity (Wildman–Crippen MR) is 78.9 cm³/mol. The molecule has 0 saturated carbocycles. The van der Waals surface area contributed by atoms with E-state index in [-0.39, 0.29) is 11.4 Å². The Morgan fingerprint density at radius 2 is 2.25 bits per heavy atom. The average molecular weight is 315 g/mol. The molecule has 0 aliphatic carbocycles. The first kappa shape index (κ1) is 15.1. The van der Waals surface area contributed by atoms with Crippen LogP contribution in [0.1, 0.15) is 25.8 Å². The number of nitrogens with zero attached hydrogens (tertiary/aromatic N) is 2. The molecular weight excluding hydrogens is 298 g/mol. The normalized spacial score (nSPS) is 22.9. The van der Waals surface area contributed by atoms with Crippen molar-refractivity contribution in [2.45, 2.75) is 37.7 Å². The number of thioether (sulfide) groups is 1. The number of carboxylic acids is 1. The highest BCUT2D eigenvalue weighted by Crippen LogP contribution is 2.30. The Hall–Kier alpha value is -1.28. The van der Waals surface area contributed by atoms with Gasteiger partial charge in [0.15, 0.2) is 0 Å². The molecule has 0 aromatic carbocycles. The van der Waals surface area contributed by atoms with Crippen molar-refractivity contribution in [3.63, 3.8) is 0 Å². The smallest absolute Gasteiger partial charge is 0.327 e. The lowest BCUT2D eigenvalue weighted by Crippen LogP contribution is -2.53. The highest BCUT2D eigenvalue weighted by atomic mass is 32.2. The molecule has 2 atom stereocenters. The number of urea groups is 1. The molecule has 20 heavy (non-hydrogen) atoms. The molecule has 1 aromatic rings. The Kier molecular flexibility index (Phi) is 4.24. The molecule has 1 fully saturated rings. The predicted octanol–water partition coefficient (Wildman–Crippen LogP) is 1.94. The highest BCUT2D eigenvalue weighted by Gasteiger charge is 2.41. The molecule has 2 unspecified atom stereocenters. The van der Waals surface area contributed by atoms with E-state index in [1.54, 1.807) is 6.20 Å². The fourth-order valence-corrected chi connectivity index (χ4v) is 3.94. The van der Waals surface area contributed by atoms with E-state index in [1.165, 1.54) is 28.0 Å². The van der Waals surface area contributed by atoms with Crippen molar-refractivity contribution in [3.05, 3.63) is 16.6 Å². The summed E-state index contributed by atoms with van der Waals surface area (Å²) in [4.78, 5) is 29.2. The molecule has 0 spiro atoms. The van der Waals surface area contributed by atoms with E-state index in [2.05, 4.69) is 10.3 Å². The third-order valence-electron chi connectivity index (χ3n) is 3.13. The monoisotopic (exact) mass is 315 g/mol. The topological polar surface area (TPSA) is 82.5 Å². The standard InChI is InChI=1S/C12H17N3O3S2/c1-7-15(8(6-20-7)9(16)17)11(18)14-12(2,3)10-13-4-5-19-10/h4-5,7-8H,6H2,1-3H3,(H,14,18)(H,16,17). The van der Waals surface area contributed by atoms with Crippen LogP contribution in [0.25, 0.3) is 0 Å². The van der Waals surface area contributed by atoms with Gasteiger partial charge in [-0.2, -0.15) is 0 Å². The second-order valence-corrected chi connectivity index (χ2v) is 7.33. The maximum Gasteiger partial charge on any atom is 0.327 e. The third-order valence-corrected chi connectivity index (χ3v) is 5.44. The van der Waals surface area contributed by atoms with E-state index in [4.69, 9.17) is 0 Å². The van der Waals surface area contributed by atoms with Crippen LogP contribution < -0.4 is 5.32 Å². The SMILES string of the molecule is CC1SCC(C(=O)O)N1C(=O)NC(C)(C)c1nccs1. The lowest BCUT2D eigenvalue weighted by atomic mass is 10.1. The van der Waals surface area contributed by atoms with Crippen LogP contribution in [-0.4, -0.2) is 44.2 Å². The summed E-state index contributed by atoms with van der Waals surface area (Å²) in [5.41, 5.74) is -0.624. The molecule has 8 heteroatoms. The second-order valence-electron chi connectivity index (χ2n) is 5.09. The van der Waals surface area contributed by atoms with Crippen molar-refractivity contribution in [1.29, 1.82) is 0 Å². The van der Waals surface area contributed by atoms with Crippen LogP contribution in [-0.2, 0) is 10.3 Å². The summed E-state index contributed by atoms with van der Waals surface area (Å²) in [6, 6.07) is -1.14. The Labute approximate surface area is 125 Å². The zero-order valence-corrected chi connectivity index (χ0v) is 13.1. The van der Waals surface area contributed by atoms with Crippen LogP contribution in [0.2, 0.25) is 0 Å². The molecule has 6 nitrogen and oxygen atoms in total. The number of nitrogens with one attached hydrogen (secondary N) is 1. The van der Waals surface area contributed by atoms with Gasteiger partial charge >= 0.3 is 12.0 Å². The molecule has 110 valence electrons. The molecule has 2 amide bonds. The lowest BCUT2D eigenvalue weighted by molar-refractivity contribution is -0.141. The fourth-order valence-electron chi connectivity index (χ4n) is 2.06. The highest BCUT2D eigenvalue weighted by molar-refractivity contribution is 8.00. The van der Waals surface area contributed by atoms with E-state index < -0.39 is 17.6 Å². The minimum Gasteiger partial charge on any atom is -0.480 e. The number of hydrogen-bond donors (Lipinski definition) is 2. The van der Waals surface area contributed by atoms with Gasteiger partial charge in [-0.1, -0.05) is 0 Å². The summed E-state index contributed by atoms with van der Waals surface area (Å²) >= 11 is 2.92. The van der Waals surface area contributed by atoms with Crippen LogP contribution in [0.4, 0.5) is 4.79 Å². The van der Waals surface area contributed by atoms with Gasteiger partial charge in [0.25, 0.3) is 0 Å². The molecule has 2 N–H and O–H groups in total. The van der Waals surface area contributed by atoms with E-state index >= 15 is 0 Å². The van der Waals surface area contributed by atoms with Crippen molar-refractivity contribution >= 4 is 35.1 Å². The van der Waals surface area contributed by atoms with Crippen LogP contribution in [0.5, 0.6) is 0 Å². The summed E-state index contributed by atoms with van der Waals surface area (Å²) in [7, 11) is 0. The molecule has 1 aliphatic rings. The van der Waals surface area contributed by atoms with E-state index in [1.807, 2.05) is 26.2 Å². The molecule has 1 aliphatic heterocycles. The summed E-state index contributed by atoms with van der Waals surface area (Å²) in [5.74, 6) is -0.550. The minimum atomic E-state index is -0.968. The van der Waals surface area contributed by atoms with Crippen LogP contribution in [0, 0.1) is 0 Å². The molecule has 0 radical (unpaired) electrons. The van der Waals surface area contributed by atoms with Crippen molar-refractivity contribution in [1.82, 2.24) is 15.2 Å². The zero-order chi connectivity index (χ0) is 14.9. The van der Waals surface area contributed by atoms with Crippen molar-refractivity contribution in [2.75, 3.05) is 5.75 Å². The number of carbonyl (C=O) groups is 2. The summed E-state index contributed by atoms with van der Waals surface area (Å²) < 4.78 is 0. The number of thiazole rings is 1. The number of carboxylic acid groups (broad SMARTS) is 1. The summed E-state index contributed by atoms with van der Waals surface area (Å²) in [6.07, 6.45) is 1.68. The van der Waals surface area contributed by atoms with Crippen molar-refractivity contribution < 1.29 is 14.7 Å². The van der Waals surface area contributed by atoms with Gasteiger partial charge in [0.05, 0.1) is 10.9 Å². The largest absolute Gasteiger partial charge is 0.480 e. The number of rotatable bonds is 3. The van der Waals surface area contributed by atoms with Crippen LogP contribution >= 0.6 is 23.1 Å². The molecule has 2 rings (SSSR count). The van der Waals surface area contributed by atoms with E-state index in [0.717, 1.165) is 5.01 Å². The second kappa shape index (κ2) is 5.61. The number of amides is 2. The van der Waals surface area contributed by atoms with Gasteiger partial charge in [0.2, 0.25) is 0 Å². The Balaban J connectivity index is 2.13. The Morgan fingerprint density at radius 3 is 2.80 bits per heavy atom. The van der Waals surface area contributed by atoms with Gasteiger partial charge in [-0.05, 0) is 20.8 Å². The third kappa shape index (κ3) is 2.90. The van der Waals surface area contributed by atoms with E-state index in [0.29, 0.717) is 5.75 Å². The average Bonchev–Trinajstić information content (AvgIpc) is 2.96. The first-order valence-corrected chi connectivity index (χ1v) is 8.10. The first-order valence-electron chi connectivity index (χ1n) is 6.18. The number of aromatic nitrogens is 1. The number of hydrogen-bond acceptors (Lipinski definition) is 5. The van der Waals surface area contributed by atoms with Gasteiger partial charge in [-0.15, -0.1) is 23.1 Å². The fraction of sp³-hybridized carbons (Fsp3) is 0.583. The van der Waals surface area contributed by atoms with Gasteiger partial charge in [-0.25, -0.2) is 14.6 Å². The molecule has 0 bridgehead atoms. The van der Waals surface area contributed by atoms with Gasteiger partial charge < -0.3 is 10.4 Å². The number of carbonyl (C=O) groups excluding carboxylic acids is 1. The minimum absolute atomic E-state index is 0.150. The van der Waals surface area contributed by atoms with Crippen molar-refractivity contribution in [3.8, 4) is 0 Å². The van der Waals surface area contributed by atoms with Gasteiger partial charge in [0.1, 0.15) is 11.0 Å². The summed E-state index contributed by atoms with van der Waals surface area (Å²) in [6.45, 7) is 5.55. The van der Waals surface area contributed by atoms with Crippen LogP contribution in [0.15, 0.2) is 11.6 Å². The maximum atomic E-state index is 12.4. The molecule has 1 saturated heterocycles.